The second-order valence-electron chi connectivity index (χ2n) is 7.05. The highest BCUT2D eigenvalue weighted by Crippen LogP contribution is 2.26. The van der Waals surface area contributed by atoms with Crippen LogP contribution in [0.1, 0.15) is 28.9 Å². The third-order valence-corrected chi connectivity index (χ3v) is 5.35. The van der Waals surface area contributed by atoms with Gasteiger partial charge in [0.2, 0.25) is 5.91 Å². The number of ether oxygens (including phenoxy) is 1. The Bertz CT molecular complexity index is 1100. The summed E-state index contributed by atoms with van der Waals surface area (Å²) in [6, 6.07) is 18.9. The van der Waals surface area contributed by atoms with Crippen molar-refractivity contribution in [3.63, 3.8) is 0 Å². The fourth-order valence-corrected chi connectivity index (χ4v) is 3.63. The molecule has 3 rings (SSSR count). The Balaban J connectivity index is 1.53. The van der Waals surface area contributed by atoms with Crippen molar-refractivity contribution in [3.8, 4) is 5.75 Å². The lowest BCUT2D eigenvalue weighted by Crippen LogP contribution is -2.30. The summed E-state index contributed by atoms with van der Waals surface area (Å²) in [5.74, 6) is 0.0854. The maximum absolute atomic E-state index is 12.5. The molecule has 0 aromatic heterocycles. The minimum Gasteiger partial charge on any atom is -0.495 e. The van der Waals surface area contributed by atoms with Gasteiger partial charge in [0, 0.05) is 27.3 Å². The minimum atomic E-state index is -0.275. The molecule has 0 fully saturated rings. The second-order valence-corrected chi connectivity index (χ2v) is 7.89. The van der Waals surface area contributed by atoms with Gasteiger partial charge < -0.3 is 20.7 Å². The minimum absolute atomic E-state index is 0.0934. The van der Waals surface area contributed by atoms with E-state index < -0.39 is 0 Å². The lowest BCUT2D eigenvalue weighted by Gasteiger charge is -2.16. The average molecular weight is 472 g/mol. The van der Waals surface area contributed by atoms with Gasteiger partial charge >= 0.3 is 0 Å². The van der Waals surface area contributed by atoms with Crippen LogP contribution in [0.4, 0.5) is 11.4 Å². The normalized spacial score (nSPS) is 11.5. The molecule has 0 saturated carbocycles. The highest BCUT2D eigenvalue weighted by Gasteiger charge is 2.13. The van der Waals surface area contributed by atoms with Gasteiger partial charge in [-0.25, -0.2) is 0 Å². The fraction of sp³-hybridized carbons (Fsp3) is 0.167. The van der Waals surface area contributed by atoms with E-state index in [1.54, 1.807) is 55.6 Å². The summed E-state index contributed by atoms with van der Waals surface area (Å²) in [7, 11) is 1.54. The van der Waals surface area contributed by atoms with E-state index in [0.717, 1.165) is 5.56 Å². The zero-order valence-electron chi connectivity index (χ0n) is 17.6. The molecule has 6 nitrogen and oxygen atoms in total. The van der Waals surface area contributed by atoms with Crippen molar-refractivity contribution in [3.05, 3.63) is 87.9 Å². The number of halogens is 2. The second kappa shape index (κ2) is 11.0. The number of benzene rings is 3. The van der Waals surface area contributed by atoms with Gasteiger partial charge in [-0.05, 0) is 61.0 Å². The number of carbonyl (C=O) groups excluding carboxylic acids is 2. The summed E-state index contributed by atoms with van der Waals surface area (Å²) in [4.78, 5) is 24.8. The number of hydrogen-bond donors (Lipinski definition) is 3. The number of hydrogen-bond acceptors (Lipinski definition) is 4. The average Bonchev–Trinajstić information content (AvgIpc) is 2.78. The van der Waals surface area contributed by atoms with E-state index in [1.165, 1.54) is 0 Å². The summed E-state index contributed by atoms with van der Waals surface area (Å²) in [6.45, 7) is 2.01. The molecule has 1 atom stereocenters. The van der Waals surface area contributed by atoms with E-state index in [2.05, 4.69) is 16.0 Å². The standard InChI is InChI=1S/C24H23Cl2N3O3/c1-15(19-12-9-17(25)13-20(19)26)27-14-23(30)28-18-10-7-16(8-11-18)24(31)29-21-5-3-4-6-22(21)32-2/h3-13,15,27H,14H2,1-2H3,(H,28,30)(H,29,31)/t15-/m0/s1. The Hall–Kier alpha value is -3.06. The molecule has 0 aliphatic rings. The first-order valence-corrected chi connectivity index (χ1v) is 10.7. The molecule has 0 spiro atoms. The van der Waals surface area contributed by atoms with Gasteiger partial charge in [-0.1, -0.05) is 41.4 Å². The molecule has 0 saturated heterocycles. The first-order chi connectivity index (χ1) is 15.4. The molecule has 0 aliphatic carbocycles. The van der Waals surface area contributed by atoms with Crippen LogP contribution in [0.25, 0.3) is 0 Å². The molecule has 3 aromatic rings. The van der Waals surface area contributed by atoms with Crippen LogP contribution < -0.4 is 20.7 Å². The van der Waals surface area contributed by atoms with Crippen LogP contribution in [0.2, 0.25) is 10.0 Å². The van der Waals surface area contributed by atoms with Crippen molar-refractivity contribution in [2.45, 2.75) is 13.0 Å². The van der Waals surface area contributed by atoms with Gasteiger partial charge in [-0.15, -0.1) is 0 Å². The van der Waals surface area contributed by atoms with Gasteiger partial charge in [0.05, 0.1) is 19.3 Å². The molecule has 0 unspecified atom stereocenters. The van der Waals surface area contributed by atoms with Crippen molar-refractivity contribution in [2.75, 3.05) is 24.3 Å². The Morgan fingerprint density at radius 3 is 2.38 bits per heavy atom. The molecule has 3 N–H and O–H groups in total. The molecular weight excluding hydrogens is 449 g/mol. The van der Waals surface area contributed by atoms with Crippen molar-refractivity contribution in [1.82, 2.24) is 5.32 Å². The summed E-state index contributed by atoms with van der Waals surface area (Å²) in [5.41, 5.74) is 2.48. The van der Waals surface area contributed by atoms with Crippen LogP contribution >= 0.6 is 23.2 Å². The molecule has 3 aromatic carbocycles. The zero-order chi connectivity index (χ0) is 23.1. The van der Waals surface area contributed by atoms with Crippen molar-refractivity contribution in [1.29, 1.82) is 0 Å². The smallest absolute Gasteiger partial charge is 0.255 e. The van der Waals surface area contributed by atoms with Gasteiger partial charge in [0.1, 0.15) is 5.75 Å². The first kappa shape index (κ1) is 23.6. The van der Waals surface area contributed by atoms with Gasteiger partial charge in [-0.3, -0.25) is 9.59 Å². The largest absolute Gasteiger partial charge is 0.495 e. The predicted octanol–water partition coefficient (Wildman–Crippen LogP) is 5.54. The molecule has 0 aliphatic heterocycles. The summed E-state index contributed by atoms with van der Waals surface area (Å²) in [6.07, 6.45) is 0. The van der Waals surface area contributed by atoms with E-state index in [9.17, 15) is 9.59 Å². The number of anilines is 2. The fourth-order valence-electron chi connectivity index (χ4n) is 3.06. The molecule has 32 heavy (non-hydrogen) atoms. The lowest BCUT2D eigenvalue weighted by molar-refractivity contribution is -0.115. The van der Waals surface area contributed by atoms with E-state index >= 15 is 0 Å². The van der Waals surface area contributed by atoms with E-state index in [1.807, 2.05) is 25.1 Å². The molecule has 8 heteroatoms. The molecule has 0 bridgehead atoms. The van der Waals surface area contributed by atoms with Gasteiger partial charge in [-0.2, -0.15) is 0 Å². The quantitative estimate of drug-likeness (QED) is 0.402. The number of rotatable bonds is 8. The topological polar surface area (TPSA) is 79.5 Å². The maximum Gasteiger partial charge on any atom is 0.255 e. The monoisotopic (exact) mass is 471 g/mol. The van der Waals surface area contributed by atoms with Crippen LogP contribution in [0, 0.1) is 0 Å². The van der Waals surface area contributed by atoms with E-state index in [-0.39, 0.29) is 24.4 Å². The number of methoxy groups -OCH3 is 1. The maximum atomic E-state index is 12.5. The van der Waals surface area contributed by atoms with Crippen molar-refractivity contribution in [2.24, 2.45) is 0 Å². The number of amides is 2. The predicted molar refractivity (Wildman–Crippen MR) is 129 cm³/mol. The third kappa shape index (κ3) is 6.23. The number of nitrogens with one attached hydrogen (secondary N) is 3. The highest BCUT2D eigenvalue weighted by atomic mass is 35.5. The molecular formula is C24H23Cl2N3O3. The van der Waals surface area contributed by atoms with E-state index in [0.29, 0.717) is 32.7 Å². The molecule has 166 valence electrons. The number of carbonyl (C=O) groups is 2. The van der Waals surface area contributed by atoms with Crippen LogP contribution in [-0.2, 0) is 4.79 Å². The Kier molecular flexibility index (Phi) is 8.11. The van der Waals surface area contributed by atoms with Crippen LogP contribution in [0.3, 0.4) is 0 Å². The molecule has 2 amide bonds. The van der Waals surface area contributed by atoms with Crippen LogP contribution in [-0.4, -0.2) is 25.5 Å². The van der Waals surface area contributed by atoms with Crippen molar-refractivity contribution >= 4 is 46.4 Å². The zero-order valence-corrected chi connectivity index (χ0v) is 19.1. The lowest BCUT2D eigenvalue weighted by atomic mass is 10.1. The SMILES string of the molecule is COc1ccccc1NC(=O)c1ccc(NC(=O)CN[C@@H](C)c2ccc(Cl)cc2Cl)cc1. The Labute approximate surface area is 196 Å². The van der Waals surface area contributed by atoms with E-state index in [4.69, 9.17) is 27.9 Å². The van der Waals surface area contributed by atoms with Gasteiger partial charge in [0.25, 0.3) is 5.91 Å². The summed E-state index contributed by atoms with van der Waals surface area (Å²) >= 11 is 12.1. The van der Waals surface area contributed by atoms with Gasteiger partial charge in [0.15, 0.2) is 0 Å². The Morgan fingerprint density at radius 2 is 1.69 bits per heavy atom. The molecule has 0 heterocycles. The highest BCUT2D eigenvalue weighted by molar-refractivity contribution is 6.35. The summed E-state index contributed by atoms with van der Waals surface area (Å²) < 4.78 is 5.24. The molecule has 0 radical (unpaired) electrons. The number of para-hydroxylation sites is 2. The Morgan fingerprint density at radius 1 is 0.969 bits per heavy atom. The third-order valence-electron chi connectivity index (χ3n) is 4.78. The summed E-state index contributed by atoms with van der Waals surface area (Å²) in [5, 5.41) is 9.85. The van der Waals surface area contributed by atoms with Crippen LogP contribution in [0.5, 0.6) is 5.75 Å². The van der Waals surface area contributed by atoms with Crippen LogP contribution in [0.15, 0.2) is 66.7 Å². The van der Waals surface area contributed by atoms with Crippen molar-refractivity contribution < 1.29 is 14.3 Å². The first-order valence-electron chi connectivity index (χ1n) is 9.90.